The first-order chi connectivity index (χ1) is 13.8. The molecule has 3 saturated carbocycles. The van der Waals surface area contributed by atoms with E-state index < -0.39 is 42.7 Å². The fraction of sp³-hybridized carbons (Fsp3) is 0.714. The molecule has 11 heteroatoms. The van der Waals surface area contributed by atoms with Gasteiger partial charge in [-0.25, -0.2) is 0 Å². The molecule has 0 aromatic heterocycles. The molecule has 4 aliphatic rings. The molecule has 0 bridgehead atoms. The molecule has 0 heterocycles. The second-order valence-corrected chi connectivity index (χ2v) is 10.9. The van der Waals surface area contributed by atoms with E-state index >= 15 is 0 Å². The Labute approximate surface area is 232 Å². The Morgan fingerprint density at radius 3 is 2.56 bits per heavy atom. The van der Waals surface area contributed by atoms with Crippen LogP contribution in [-0.4, -0.2) is 40.1 Å². The molecule has 0 aromatic carbocycles. The summed E-state index contributed by atoms with van der Waals surface area (Å²) in [5.74, 6) is -1.05. The maximum Gasteiger partial charge on any atom is 1.00 e. The van der Waals surface area contributed by atoms with Gasteiger partial charge < -0.3 is 29.1 Å². The molecular weight excluding hydrogens is 457 g/mol. The number of aliphatic hydroxyl groups excluding tert-OH is 1. The van der Waals surface area contributed by atoms with E-state index in [0.717, 1.165) is 12.0 Å². The fourth-order valence-electron chi connectivity index (χ4n) is 7.05. The molecule has 0 amide bonds. The van der Waals surface area contributed by atoms with Crippen molar-refractivity contribution in [3.63, 3.8) is 0 Å². The summed E-state index contributed by atoms with van der Waals surface area (Å²) < 4.78 is 14.9. The summed E-state index contributed by atoms with van der Waals surface area (Å²) in [4.78, 5) is 46.2. The summed E-state index contributed by atoms with van der Waals surface area (Å²) in [7, 11) is -5.34. The van der Waals surface area contributed by atoms with Gasteiger partial charge in [0.15, 0.2) is 11.6 Å². The Kier molecular flexibility index (Phi) is 8.83. The van der Waals surface area contributed by atoms with Crippen LogP contribution in [0.1, 0.15) is 46.0 Å². The van der Waals surface area contributed by atoms with E-state index in [1.807, 2.05) is 13.0 Å². The van der Waals surface area contributed by atoms with Crippen LogP contribution in [0.2, 0.25) is 0 Å². The van der Waals surface area contributed by atoms with Gasteiger partial charge in [0.2, 0.25) is 0 Å². The number of carbonyl (C=O) groups is 2. The average Bonchev–Trinajstić information content (AvgIpc) is 2.91. The Morgan fingerprint density at radius 2 is 1.94 bits per heavy atom. The Balaban J connectivity index is 0.00000181. The predicted octanol–water partition coefficient (Wildman–Crippen LogP) is -5.58. The molecule has 8 nitrogen and oxygen atoms in total. The van der Waals surface area contributed by atoms with Crippen LogP contribution in [0.4, 0.5) is 0 Å². The maximum atomic E-state index is 12.8. The van der Waals surface area contributed by atoms with Gasteiger partial charge in [0, 0.05) is 16.7 Å². The Hall–Kier alpha value is 0.850. The number of carbonyl (C=O) groups excluding carboxylic acids is 2. The van der Waals surface area contributed by atoms with Crippen molar-refractivity contribution in [2.75, 3.05) is 6.61 Å². The zero-order valence-electron chi connectivity index (χ0n) is 19.1. The molecule has 2 N–H and O–H groups in total. The summed E-state index contributed by atoms with van der Waals surface area (Å²) in [6.45, 7) is 2.80. The quantitative estimate of drug-likeness (QED) is 0.297. The van der Waals surface area contributed by atoms with E-state index in [0.29, 0.717) is 12.8 Å². The smallest absolute Gasteiger partial charge is 0.790 e. The zero-order valence-corrected chi connectivity index (χ0v) is 24.0. The SMILES string of the molecule is C[C@]12C=CC(=O)C=C1CC[C@@H]1C2[C@@H](O)C[C@@]2(C)[C@H]1CC[C@]2(O)C(=O)COP(=O)([O-])[O-].[Na+].[Na+]. The third-order valence-electron chi connectivity index (χ3n) is 8.46. The van der Waals surface area contributed by atoms with Crippen molar-refractivity contribution in [3.8, 4) is 0 Å². The van der Waals surface area contributed by atoms with Crippen molar-refractivity contribution >= 4 is 19.4 Å². The molecule has 4 rings (SSSR count). The first kappa shape index (κ1) is 29.1. The number of phosphoric acid groups is 1. The van der Waals surface area contributed by atoms with Crippen LogP contribution in [0.25, 0.3) is 0 Å². The van der Waals surface area contributed by atoms with Crippen molar-refractivity contribution in [2.24, 2.45) is 28.6 Å². The monoisotopic (exact) mass is 484 g/mol. The summed E-state index contributed by atoms with van der Waals surface area (Å²) in [6.07, 6.45) is 6.56. The van der Waals surface area contributed by atoms with Crippen LogP contribution in [0, 0.1) is 28.6 Å². The van der Waals surface area contributed by atoms with Gasteiger partial charge in [-0.2, -0.15) is 0 Å². The molecule has 7 atom stereocenters. The molecule has 1 unspecified atom stereocenters. The molecule has 0 radical (unpaired) electrons. The van der Waals surface area contributed by atoms with Crippen LogP contribution in [0.5, 0.6) is 0 Å². The number of hydrogen-bond acceptors (Lipinski definition) is 8. The van der Waals surface area contributed by atoms with Crippen molar-refractivity contribution < 1.29 is 97.8 Å². The van der Waals surface area contributed by atoms with Crippen molar-refractivity contribution in [2.45, 2.75) is 57.7 Å². The second-order valence-electron chi connectivity index (χ2n) is 9.75. The fourth-order valence-corrected chi connectivity index (χ4v) is 7.32. The van der Waals surface area contributed by atoms with E-state index in [1.165, 1.54) is 0 Å². The third kappa shape index (κ3) is 4.54. The minimum absolute atomic E-state index is 0. The molecule has 0 spiro atoms. The molecular formula is C21H27Na2O8P. The van der Waals surface area contributed by atoms with Gasteiger partial charge in [-0.3, -0.25) is 9.59 Å². The van der Waals surface area contributed by atoms with E-state index in [-0.39, 0.29) is 95.5 Å². The molecule has 0 aliphatic heterocycles. The minimum atomic E-state index is -5.34. The zero-order chi connectivity index (χ0) is 22.1. The van der Waals surface area contributed by atoms with Crippen LogP contribution in [0.3, 0.4) is 0 Å². The summed E-state index contributed by atoms with van der Waals surface area (Å²) >= 11 is 0. The van der Waals surface area contributed by atoms with Crippen molar-refractivity contribution in [1.29, 1.82) is 0 Å². The first-order valence-electron chi connectivity index (χ1n) is 10.4. The van der Waals surface area contributed by atoms with Crippen LogP contribution < -0.4 is 68.9 Å². The second kappa shape index (κ2) is 9.72. The number of allylic oxidation sites excluding steroid dienone is 4. The van der Waals surface area contributed by atoms with E-state index in [9.17, 15) is 34.2 Å². The number of fused-ring (bicyclic) bond motifs is 5. The van der Waals surface area contributed by atoms with Gasteiger partial charge in [-0.05, 0) is 56.1 Å². The average molecular weight is 484 g/mol. The summed E-state index contributed by atoms with van der Waals surface area (Å²) in [6, 6.07) is 0. The molecule has 166 valence electrons. The topological polar surface area (TPSA) is 147 Å². The Morgan fingerprint density at radius 1 is 1.28 bits per heavy atom. The van der Waals surface area contributed by atoms with Crippen LogP contribution >= 0.6 is 7.82 Å². The van der Waals surface area contributed by atoms with E-state index in [4.69, 9.17) is 0 Å². The van der Waals surface area contributed by atoms with Crippen molar-refractivity contribution in [3.05, 3.63) is 23.8 Å². The van der Waals surface area contributed by atoms with Crippen molar-refractivity contribution in [1.82, 2.24) is 0 Å². The van der Waals surface area contributed by atoms with Gasteiger partial charge in [0.05, 0.1) is 13.9 Å². The number of aliphatic hydroxyl groups is 2. The molecule has 32 heavy (non-hydrogen) atoms. The molecule has 4 aliphatic carbocycles. The van der Waals surface area contributed by atoms with Crippen LogP contribution in [-0.2, 0) is 18.7 Å². The number of phosphoric ester groups is 1. The Bertz CT molecular complexity index is 900. The van der Waals surface area contributed by atoms with Gasteiger partial charge in [-0.15, -0.1) is 0 Å². The third-order valence-corrected chi connectivity index (χ3v) is 8.91. The van der Waals surface area contributed by atoms with Crippen LogP contribution in [0.15, 0.2) is 23.8 Å². The molecule has 3 fully saturated rings. The largest absolute Gasteiger partial charge is 1.00 e. The maximum absolute atomic E-state index is 12.8. The van der Waals surface area contributed by atoms with Gasteiger partial charge in [0.25, 0.3) is 0 Å². The van der Waals surface area contributed by atoms with E-state index in [2.05, 4.69) is 4.52 Å². The van der Waals surface area contributed by atoms with Gasteiger partial charge in [-0.1, -0.05) is 25.5 Å². The first-order valence-corrected chi connectivity index (χ1v) is 11.8. The number of ketones is 2. The van der Waals surface area contributed by atoms with Gasteiger partial charge in [0.1, 0.15) is 12.2 Å². The number of Topliss-reactive ketones (excluding diaryl/α,β-unsaturated/α-hetero) is 1. The standard InChI is InChI=1S/C21H29O8P.2Na/c1-19-7-5-13(22)9-12(19)3-4-14-15-6-8-21(25,17(24)11-29-30(26,27)28)20(15,2)10-16(23)18(14)19;;/h5,7,9,14-16,18,23,25H,3-4,6,8,10-11H2,1-2H3,(H2,26,27,28);;/q;2*+1/p-2/t14-,15-,16-,18?,19-,20-,21-;;/m0../s1. The van der Waals surface area contributed by atoms with E-state index in [1.54, 1.807) is 19.1 Å². The minimum Gasteiger partial charge on any atom is -0.790 e. The predicted molar refractivity (Wildman–Crippen MR) is 102 cm³/mol. The normalized spacial score (nSPS) is 42.6. The summed E-state index contributed by atoms with van der Waals surface area (Å²) in [5, 5.41) is 22.6. The van der Waals surface area contributed by atoms with Gasteiger partial charge >= 0.3 is 59.1 Å². The molecule has 0 aromatic rings. The number of rotatable bonds is 4. The molecule has 0 saturated heterocycles. The summed E-state index contributed by atoms with van der Waals surface area (Å²) in [5.41, 5.74) is -2.27. The number of hydrogen-bond donors (Lipinski definition) is 2.